The number of nitrogens with one attached hydrogen (secondary N) is 2. The van der Waals surface area contributed by atoms with Crippen molar-refractivity contribution in [2.75, 3.05) is 26.2 Å². The van der Waals surface area contributed by atoms with Gasteiger partial charge in [0.1, 0.15) is 0 Å². The fourth-order valence-corrected chi connectivity index (χ4v) is 3.45. The van der Waals surface area contributed by atoms with Crippen LogP contribution in [-0.2, 0) is 4.79 Å². The van der Waals surface area contributed by atoms with E-state index in [4.69, 9.17) is 0 Å². The molecule has 2 aromatic rings. The van der Waals surface area contributed by atoms with E-state index < -0.39 is 4.92 Å². The summed E-state index contributed by atoms with van der Waals surface area (Å²) in [5, 5.41) is 16.3. The molecule has 0 aliphatic carbocycles. The van der Waals surface area contributed by atoms with Crippen molar-refractivity contribution >= 4 is 23.4 Å². The van der Waals surface area contributed by atoms with Gasteiger partial charge in [0.25, 0.3) is 17.5 Å². The second-order valence-electron chi connectivity index (χ2n) is 7.28. The zero-order valence-corrected chi connectivity index (χ0v) is 17.0. The molecule has 0 aromatic heterocycles. The highest BCUT2D eigenvalue weighted by Crippen LogP contribution is 2.20. The third-order valence-electron chi connectivity index (χ3n) is 5.22. The van der Waals surface area contributed by atoms with Crippen LogP contribution in [0.4, 0.5) is 5.69 Å². The first kappa shape index (κ1) is 21.9. The molecule has 31 heavy (non-hydrogen) atoms. The number of piperidine rings is 1. The summed E-state index contributed by atoms with van der Waals surface area (Å²) in [5.41, 5.74) is 0.897. The minimum Gasteiger partial charge on any atom is -0.354 e. The fraction of sp³-hybridized carbons (Fsp3) is 0.318. The Morgan fingerprint density at radius 3 is 2.13 bits per heavy atom. The van der Waals surface area contributed by atoms with E-state index in [0.29, 0.717) is 50.1 Å². The fourth-order valence-electron chi connectivity index (χ4n) is 3.45. The number of hydrogen-bond acceptors (Lipinski definition) is 5. The highest BCUT2D eigenvalue weighted by Gasteiger charge is 2.27. The van der Waals surface area contributed by atoms with Crippen molar-refractivity contribution in [1.82, 2.24) is 15.5 Å². The molecule has 0 unspecified atom stereocenters. The molecule has 0 spiro atoms. The average Bonchev–Trinajstić information content (AvgIpc) is 2.81. The van der Waals surface area contributed by atoms with Crippen LogP contribution < -0.4 is 10.6 Å². The summed E-state index contributed by atoms with van der Waals surface area (Å²) in [7, 11) is 0. The Kier molecular flexibility index (Phi) is 7.31. The monoisotopic (exact) mass is 424 g/mol. The predicted octanol–water partition coefficient (Wildman–Crippen LogP) is 1.99. The van der Waals surface area contributed by atoms with Crippen molar-refractivity contribution in [3.8, 4) is 0 Å². The Morgan fingerprint density at radius 1 is 0.903 bits per heavy atom. The number of nitro groups is 1. The van der Waals surface area contributed by atoms with Crippen LogP contribution in [0.5, 0.6) is 0 Å². The van der Waals surface area contributed by atoms with Gasteiger partial charge in [-0.1, -0.05) is 18.2 Å². The number of carbonyl (C=O) groups is 3. The van der Waals surface area contributed by atoms with Gasteiger partial charge in [-0.15, -0.1) is 0 Å². The summed E-state index contributed by atoms with van der Waals surface area (Å²) in [5.74, 6) is -0.660. The van der Waals surface area contributed by atoms with Gasteiger partial charge in [0.2, 0.25) is 5.91 Å². The molecule has 2 aromatic carbocycles. The first-order chi connectivity index (χ1) is 15.0. The maximum Gasteiger partial charge on any atom is 0.269 e. The molecule has 9 heteroatoms. The summed E-state index contributed by atoms with van der Waals surface area (Å²) in [6.07, 6.45) is 1.09. The van der Waals surface area contributed by atoms with Gasteiger partial charge in [-0.25, -0.2) is 0 Å². The smallest absolute Gasteiger partial charge is 0.269 e. The third-order valence-corrected chi connectivity index (χ3v) is 5.22. The predicted molar refractivity (Wildman–Crippen MR) is 114 cm³/mol. The molecule has 0 saturated carbocycles. The van der Waals surface area contributed by atoms with E-state index in [-0.39, 0.29) is 29.3 Å². The van der Waals surface area contributed by atoms with E-state index in [9.17, 15) is 24.5 Å². The molecule has 1 fully saturated rings. The van der Waals surface area contributed by atoms with Gasteiger partial charge >= 0.3 is 0 Å². The average molecular weight is 424 g/mol. The Balaban J connectivity index is 1.38. The molecule has 1 saturated heterocycles. The van der Waals surface area contributed by atoms with Crippen LogP contribution in [0.1, 0.15) is 33.6 Å². The largest absolute Gasteiger partial charge is 0.354 e. The molecule has 1 aliphatic rings. The normalized spacial score (nSPS) is 14.0. The lowest BCUT2D eigenvalue weighted by atomic mass is 9.95. The van der Waals surface area contributed by atoms with E-state index in [1.54, 1.807) is 29.2 Å². The van der Waals surface area contributed by atoms with E-state index in [1.165, 1.54) is 24.3 Å². The van der Waals surface area contributed by atoms with Crippen molar-refractivity contribution in [3.05, 3.63) is 75.8 Å². The first-order valence-electron chi connectivity index (χ1n) is 10.1. The van der Waals surface area contributed by atoms with Crippen molar-refractivity contribution in [2.45, 2.75) is 12.8 Å². The quantitative estimate of drug-likeness (QED) is 0.400. The lowest BCUT2D eigenvalue weighted by molar-refractivity contribution is -0.384. The van der Waals surface area contributed by atoms with Crippen molar-refractivity contribution in [1.29, 1.82) is 0 Å². The van der Waals surface area contributed by atoms with Crippen LogP contribution >= 0.6 is 0 Å². The second kappa shape index (κ2) is 10.3. The maximum atomic E-state index is 12.6. The van der Waals surface area contributed by atoms with E-state index in [2.05, 4.69) is 10.6 Å². The van der Waals surface area contributed by atoms with E-state index >= 15 is 0 Å². The van der Waals surface area contributed by atoms with Crippen molar-refractivity contribution in [3.63, 3.8) is 0 Å². The minimum absolute atomic E-state index is 0.0631. The minimum atomic E-state index is -0.508. The number of rotatable bonds is 7. The lowest BCUT2D eigenvalue weighted by Crippen LogP contribution is -2.44. The van der Waals surface area contributed by atoms with Gasteiger partial charge in [0, 0.05) is 55.4 Å². The van der Waals surface area contributed by atoms with Crippen molar-refractivity contribution in [2.24, 2.45) is 5.92 Å². The first-order valence-corrected chi connectivity index (χ1v) is 10.1. The zero-order chi connectivity index (χ0) is 22.2. The summed E-state index contributed by atoms with van der Waals surface area (Å²) in [4.78, 5) is 48.8. The van der Waals surface area contributed by atoms with Gasteiger partial charge in [-0.3, -0.25) is 24.5 Å². The molecule has 3 amide bonds. The summed E-state index contributed by atoms with van der Waals surface area (Å²) in [6, 6.07) is 14.4. The van der Waals surface area contributed by atoms with E-state index in [1.807, 2.05) is 6.07 Å². The number of hydrogen-bond donors (Lipinski definition) is 2. The van der Waals surface area contributed by atoms with Crippen molar-refractivity contribution < 1.29 is 19.3 Å². The summed E-state index contributed by atoms with van der Waals surface area (Å²) in [6.45, 7) is 1.55. The van der Waals surface area contributed by atoms with Crippen LogP contribution in [0.3, 0.4) is 0 Å². The molecule has 162 valence electrons. The van der Waals surface area contributed by atoms with Gasteiger partial charge in [0.15, 0.2) is 0 Å². The number of amides is 3. The Morgan fingerprint density at radius 2 is 1.52 bits per heavy atom. The lowest BCUT2D eigenvalue weighted by Gasteiger charge is -2.31. The molecule has 9 nitrogen and oxygen atoms in total. The summed E-state index contributed by atoms with van der Waals surface area (Å²) >= 11 is 0. The van der Waals surface area contributed by atoms with Crippen LogP contribution in [0.25, 0.3) is 0 Å². The van der Waals surface area contributed by atoms with Crippen LogP contribution in [0, 0.1) is 16.0 Å². The Bertz CT molecular complexity index is 938. The van der Waals surface area contributed by atoms with Gasteiger partial charge in [-0.2, -0.15) is 0 Å². The number of nitrogens with zero attached hydrogens (tertiary/aromatic N) is 2. The van der Waals surface area contributed by atoms with Gasteiger partial charge < -0.3 is 15.5 Å². The molecule has 0 atom stereocenters. The molecule has 1 heterocycles. The molecule has 1 aliphatic heterocycles. The van der Waals surface area contributed by atoms with Crippen LogP contribution in [0.2, 0.25) is 0 Å². The number of carbonyl (C=O) groups excluding carboxylic acids is 3. The number of non-ortho nitro benzene ring substituents is 1. The molecule has 2 N–H and O–H groups in total. The highest BCUT2D eigenvalue weighted by molar-refractivity contribution is 5.95. The molecule has 3 rings (SSSR count). The topological polar surface area (TPSA) is 122 Å². The molecule has 0 radical (unpaired) electrons. The Labute approximate surface area is 179 Å². The van der Waals surface area contributed by atoms with Gasteiger partial charge in [0.05, 0.1) is 4.92 Å². The molecular formula is C22H24N4O5. The SMILES string of the molecule is O=C(NCCNC(=O)C1CCN(C(=O)c2ccc([N+](=O)[O-])cc2)CC1)c1ccccc1. The van der Waals surface area contributed by atoms with E-state index in [0.717, 1.165) is 0 Å². The highest BCUT2D eigenvalue weighted by atomic mass is 16.6. The zero-order valence-electron chi connectivity index (χ0n) is 17.0. The molecular weight excluding hydrogens is 400 g/mol. The summed E-state index contributed by atoms with van der Waals surface area (Å²) < 4.78 is 0. The van der Waals surface area contributed by atoms with Gasteiger partial charge in [-0.05, 0) is 37.1 Å². The van der Waals surface area contributed by atoms with Crippen LogP contribution in [-0.4, -0.2) is 53.7 Å². The number of benzene rings is 2. The molecule has 0 bridgehead atoms. The Hall–Kier alpha value is -3.75. The standard InChI is InChI=1S/C22H24N4O5/c27-20(16-4-2-1-3-5-16)23-12-13-24-21(28)17-10-14-25(15-11-17)22(29)18-6-8-19(9-7-18)26(30)31/h1-9,17H,10-15H2,(H,23,27)(H,24,28). The number of likely N-dealkylation sites (tertiary alicyclic amines) is 1. The number of nitro benzene ring substituents is 1. The second-order valence-corrected chi connectivity index (χ2v) is 7.28. The van der Waals surface area contributed by atoms with Crippen LogP contribution in [0.15, 0.2) is 54.6 Å². The third kappa shape index (κ3) is 5.88. The maximum absolute atomic E-state index is 12.6.